The van der Waals surface area contributed by atoms with Gasteiger partial charge in [0.05, 0.1) is 24.9 Å². The Balaban J connectivity index is 2.24. The summed E-state index contributed by atoms with van der Waals surface area (Å²) in [7, 11) is 3.00. The number of carbonyl (C=O) groups excluding carboxylic acids is 1. The van der Waals surface area contributed by atoms with E-state index in [1.807, 2.05) is 0 Å². The van der Waals surface area contributed by atoms with Crippen molar-refractivity contribution in [2.24, 2.45) is 7.05 Å². The van der Waals surface area contributed by atoms with Crippen LogP contribution in [0.25, 0.3) is 11.3 Å². The standard InChI is InChI=1S/C14H14F2N2O2/c1-18-13(9-5-10(15)7-11(16)6-9)8-12(17-18)3-4-14(19)20-2/h5-8H,3-4H2,1-2H3. The Kier molecular flexibility index (Phi) is 4.12. The predicted molar refractivity (Wildman–Crippen MR) is 68.9 cm³/mol. The van der Waals surface area contributed by atoms with Crippen LogP contribution in [0.2, 0.25) is 0 Å². The number of rotatable bonds is 4. The SMILES string of the molecule is COC(=O)CCc1cc(-c2cc(F)cc(F)c2)n(C)n1. The van der Waals surface area contributed by atoms with Gasteiger partial charge in [0.25, 0.3) is 0 Å². The quantitative estimate of drug-likeness (QED) is 0.808. The number of esters is 1. The van der Waals surface area contributed by atoms with Gasteiger partial charge in [0.1, 0.15) is 11.6 Å². The number of nitrogens with zero attached hydrogens (tertiary/aromatic N) is 2. The first-order valence-corrected chi connectivity index (χ1v) is 6.06. The first kappa shape index (κ1) is 14.2. The molecule has 0 aliphatic rings. The highest BCUT2D eigenvalue weighted by atomic mass is 19.1. The van der Waals surface area contributed by atoms with Crippen LogP contribution >= 0.6 is 0 Å². The highest BCUT2D eigenvalue weighted by Gasteiger charge is 2.11. The van der Waals surface area contributed by atoms with Gasteiger partial charge in [0, 0.05) is 25.1 Å². The molecule has 1 aromatic heterocycles. The van der Waals surface area contributed by atoms with E-state index in [1.165, 1.54) is 23.9 Å². The molecule has 0 radical (unpaired) electrons. The predicted octanol–water partition coefficient (Wildman–Crippen LogP) is 2.47. The summed E-state index contributed by atoms with van der Waals surface area (Å²) in [5.41, 5.74) is 1.66. The van der Waals surface area contributed by atoms with Crippen LogP contribution in [0, 0.1) is 11.6 Å². The molecular formula is C14H14F2N2O2. The van der Waals surface area contributed by atoms with Gasteiger partial charge >= 0.3 is 5.97 Å². The van der Waals surface area contributed by atoms with Gasteiger partial charge in [-0.15, -0.1) is 0 Å². The van der Waals surface area contributed by atoms with Crippen molar-refractivity contribution in [1.29, 1.82) is 0 Å². The van der Waals surface area contributed by atoms with Crippen LogP contribution < -0.4 is 0 Å². The highest BCUT2D eigenvalue weighted by Crippen LogP contribution is 2.22. The smallest absolute Gasteiger partial charge is 0.305 e. The Morgan fingerprint density at radius 1 is 1.25 bits per heavy atom. The minimum Gasteiger partial charge on any atom is -0.469 e. The maximum Gasteiger partial charge on any atom is 0.305 e. The Bertz CT molecular complexity index is 618. The van der Waals surface area contributed by atoms with Gasteiger partial charge in [0.15, 0.2) is 0 Å². The summed E-state index contributed by atoms with van der Waals surface area (Å²) in [4.78, 5) is 11.1. The second kappa shape index (κ2) is 5.81. The summed E-state index contributed by atoms with van der Waals surface area (Å²) in [5.74, 6) is -1.61. The Morgan fingerprint density at radius 3 is 2.50 bits per heavy atom. The number of ether oxygens (including phenoxy) is 1. The van der Waals surface area contributed by atoms with Crippen LogP contribution in [0.15, 0.2) is 24.3 Å². The third-order valence-corrected chi connectivity index (χ3v) is 2.90. The number of carbonyl (C=O) groups is 1. The lowest BCUT2D eigenvalue weighted by Crippen LogP contribution is -2.02. The first-order valence-electron chi connectivity index (χ1n) is 6.06. The van der Waals surface area contributed by atoms with Crippen LogP contribution in [0.3, 0.4) is 0 Å². The second-order valence-corrected chi connectivity index (χ2v) is 4.38. The fraction of sp³-hybridized carbons (Fsp3) is 0.286. The van der Waals surface area contributed by atoms with Crippen LogP contribution in [0.1, 0.15) is 12.1 Å². The van der Waals surface area contributed by atoms with Crippen molar-refractivity contribution in [2.75, 3.05) is 7.11 Å². The molecule has 0 spiro atoms. The third kappa shape index (κ3) is 3.20. The van der Waals surface area contributed by atoms with Gasteiger partial charge in [-0.3, -0.25) is 9.48 Å². The van der Waals surface area contributed by atoms with Crippen molar-refractivity contribution in [3.63, 3.8) is 0 Å². The first-order chi connectivity index (χ1) is 9.49. The summed E-state index contributed by atoms with van der Waals surface area (Å²) in [6.07, 6.45) is 0.628. The number of halogens is 2. The van der Waals surface area contributed by atoms with Crippen LogP contribution in [0.5, 0.6) is 0 Å². The summed E-state index contributed by atoms with van der Waals surface area (Å²) in [6.45, 7) is 0. The molecule has 0 saturated heterocycles. The molecular weight excluding hydrogens is 266 g/mol. The van der Waals surface area contributed by atoms with Gasteiger partial charge < -0.3 is 4.74 Å². The molecule has 20 heavy (non-hydrogen) atoms. The van der Waals surface area contributed by atoms with Crippen molar-refractivity contribution in [3.8, 4) is 11.3 Å². The second-order valence-electron chi connectivity index (χ2n) is 4.38. The minimum absolute atomic E-state index is 0.213. The average molecular weight is 280 g/mol. The molecule has 0 amide bonds. The molecule has 1 aromatic carbocycles. The average Bonchev–Trinajstić information content (AvgIpc) is 2.76. The number of aromatic nitrogens is 2. The molecule has 2 aromatic rings. The maximum absolute atomic E-state index is 13.2. The van der Waals surface area contributed by atoms with Gasteiger partial charge in [-0.25, -0.2) is 8.78 Å². The summed E-state index contributed by atoms with van der Waals surface area (Å²) < 4.78 is 32.5. The van der Waals surface area contributed by atoms with E-state index >= 15 is 0 Å². The molecule has 0 saturated carbocycles. The van der Waals surface area contributed by atoms with E-state index in [1.54, 1.807) is 13.1 Å². The van der Waals surface area contributed by atoms with Crippen molar-refractivity contribution < 1.29 is 18.3 Å². The molecule has 0 unspecified atom stereocenters. The molecule has 0 bridgehead atoms. The Morgan fingerprint density at radius 2 is 1.90 bits per heavy atom. The molecule has 2 rings (SSSR count). The number of benzene rings is 1. The number of hydrogen-bond donors (Lipinski definition) is 0. The van der Waals surface area contributed by atoms with Crippen LogP contribution in [-0.4, -0.2) is 22.9 Å². The van der Waals surface area contributed by atoms with E-state index in [9.17, 15) is 13.6 Å². The molecule has 0 aliphatic heterocycles. The van der Waals surface area contributed by atoms with Gasteiger partial charge in [0.2, 0.25) is 0 Å². The van der Waals surface area contributed by atoms with Crippen molar-refractivity contribution >= 4 is 5.97 Å². The molecule has 106 valence electrons. The van der Waals surface area contributed by atoms with Crippen LogP contribution in [-0.2, 0) is 23.0 Å². The molecule has 6 heteroatoms. The van der Waals surface area contributed by atoms with E-state index in [4.69, 9.17) is 0 Å². The van der Waals surface area contributed by atoms with Gasteiger partial charge in [-0.1, -0.05) is 0 Å². The van der Waals surface area contributed by atoms with Crippen molar-refractivity contribution in [2.45, 2.75) is 12.8 Å². The highest BCUT2D eigenvalue weighted by molar-refractivity contribution is 5.69. The molecule has 4 nitrogen and oxygen atoms in total. The monoisotopic (exact) mass is 280 g/mol. The van der Waals surface area contributed by atoms with E-state index in [0.717, 1.165) is 6.07 Å². The fourth-order valence-electron chi connectivity index (χ4n) is 1.95. The summed E-state index contributed by atoms with van der Waals surface area (Å²) in [5, 5.41) is 4.22. The summed E-state index contributed by atoms with van der Waals surface area (Å²) >= 11 is 0. The number of hydrogen-bond acceptors (Lipinski definition) is 3. The van der Waals surface area contributed by atoms with E-state index < -0.39 is 11.6 Å². The molecule has 1 heterocycles. The number of methoxy groups -OCH3 is 1. The van der Waals surface area contributed by atoms with Crippen LogP contribution in [0.4, 0.5) is 8.78 Å². The maximum atomic E-state index is 13.2. The zero-order chi connectivity index (χ0) is 14.7. The van der Waals surface area contributed by atoms with Gasteiger partial charge in [-0.2, -0.15) is 5.10 Å². The lowest BCUT2D eigenvalue weighted by Gasteiger charge is -2.02. The third-order valence-electron chi connectivity index (χ3n) is 2.90. The largest absolute Gasteiger partial charge is 0.469 e. The van der Waals surface area contributed by atoms with E-state index in [2.05, 4.69) is 9.84 Å². The zero-order valence-electron chi connectivity index (χ0n) is 11.2. The number of aryl methyl sites for hydroxylation is 2. The topological polar surface area (TPSA) is 44.1 Å². The van der Waals surface area contributed by atoms with E-state index in [-0.39, 0.29) is 12.4 Å². The fourth-order valence-corrected chi connectivity index (χ4v) is 1.95. The molecule has 0 N–H and O–H groups in total. The van der Waals surface area contributed by atoms with Crippen molar-refractivity contribution in [3.05, 3.63) is 41.6 Å². The minimum atomic E-state index is -0.641. The van der Waals surface area contributed by atoms with Gasteiger partial charge in [-0.05, 0) is 18.2 Å². The molecule has 0 atom stereocenters. The Hall–Kier alpha value is -2.24. The lowest BCUT2D eigenvalue weighted by atomic mass is 10.1. The summed E-state index contributed by atoms with van der Waals surface area (Å²) in [6, 6.07) is 5.00. The Labute approximate surface area is 115 Å². The van der Waals surface area contributed by atoms with E-state index in [0.29, 0.717) is 23.4 Å². The molecule has 0 fully saturated rings. The molecule has 0 aliphatic carbocycles. The zero-order valence-corrected chi connectivity index (χ0v) is 11.2. The normalized spacial score (nSPS) is 10.6. The van der Waals surface area contributed by atoms with Crippen molar-refractivity contribution in [1.82, 2.24) is 9.78 Å². The lowest BCUT2D eigenvalue weighted by molar-refractivity contribution is -0.140.